The predicted molar refractivity (Wildman–Crippen MR) is 108 cm³/mol. The lowest BCUT2D eigenvalue weighted by atomic mass is 10.2. The van der Waals surface area contributed by atoms with Gasteiger partial charge in [-0.3, -0.25) is 4.99 Å². The normalized spacial score (nSPS) is 17.7. The number of rotatable bonds is 6. The molecule has 0 amide bonds. The van der Waals surface area contributed by atoms with E-state index in [0.717, 1.165) is 43.5 Å². The van der Waals surface area contributed by atoms with Crippen LogP contribution in [0.1, 0.15) is 19.6 Å². The number of aliphatic imine (C=N–C) groups is 1. The minimum absolute atomic E-state index is 0. The number of hydrogen-bond donors (Lipinski definition) is 1. The summed E-state index contributed by atoms with van der Waals surface area (Å²) in [7, 11) is 1.71. The van der Waals surface area contributed by atoms with Crippen molar-refractivity contribution in [3.8, 4) is 0 Å². The Balaban J connectivity index is 0.00000264. The molecule has 0 bridgehead atoms. The second kappa shape index (κ2) is 10.5. The minimum atomic E-state index is 0. The lowest BCUT2D eigenvalue weighted by Crippen LogP contribution is -2.51. The Bertz CT molecular complexity index is 466. The van der Waals surface area contributed by atoms with Crippen molar-refractivity contribution >= 4 is 41.7 Å². The monoisotopic (exact) mass is 453 g/mol. The molecule has 0 unspecified atom stereocenters. The number of ether oxygens (including phenoxy) is 1. The molecule has 2 heterocycles. The highest BCUT2D eigenvalue weighted by molar-refractivity contribution is 14.0. The van der Waals surface area contributed by atoms with Crippen LogP contribution in [0.4, 0.5) is 0 Å². The summed E-state index contributed by atoms with van der Waals surface area (Å²) >= 11 is 2.03. The first-order chi connectivity index (χ1) is 10.6. The lowest BCUT2D eigenvalue weighted by molar-refractivity contribution is 0.207. The predicted octanol–water partition coefficient (Wildman–Crippen LogP) is 2.86. The van der Waals surface area contributed by atoms with Gasteiger partial charge in [0.05, 0.1) is 19.4 Å². The molecule has 0 radical (unpaired) electrons. The van der Waals surface area contributed by atoms with Gasteiger partial charge >= 0.3 is 0 Å². The molecular formula is C16H28IN3O2S. The quantitative estimate of drug-likeness (QED) is 0.311. The molecule has 1 N–H and O–H groups in total. The van der Waals surface area contributed by atoms with Crippen LogP contribution in [-0.4, -0.2) is 61.3 Å². The van der Waals surface area contributed by atoms with Crippen LogP contribution < -0.4 is 5.32 Å². The van der Waals surface area contributed by atoms with Crippen molar-refractivity contribution in [2.24, 2.45) is 4.99 Å². The minimum Gasteiger partial charge on any atom is -0.469 e. The maximum atomic E-state index is 5.38. The fourth-order valence-electron chi connectivity index (χ4n) is 2.46. The van der Waals surface area contributed by atoms with Gasteiger partial charge in [0, 0.05) is 43.7 Å². The molecule has 2 rings (SSSR count). The van der Waals surface area contributed by atoms with Crippen LogP contribution >= 0.6 is 35.7 Å². The largest absolute Gasteiger partial charge is 0.469 e. The standard InChI is InChI=1S/C16H27N3O2S.HI/c1-16(2)13-19(9-12-22-16)15(18-8-11-20-3)17-7-6-14-5-4-10-21-14;/h4-5,10H,6-9,11-13H2,1-3H3,(H,17,18);1H. The maximum Gasteiger partial charge on any atom is 0.194 e. The summed E-state index contributed by atoms with van der Waals surface area (Å²) in [5, 5.41) is 3.48. The van der Waals surface area contributed by atoms with E-state index in [0.29, 0.717) is 13.2 Å². The highest BCUT2D eigenvalue weighted by atomic mass is 127. The number of hydrogen-bond acceptors (Lipinski definition) is 4. The van der Waals surface area contributed by atoms with Crippen LogP contribution in [0.2, 0.25) is 0 Å². The molecule has 0 atom stereocenters. The summed E-state index contributed by atoms with van der Waals surface area (Å²) < 4.78 is 10.8. The van der Waals surface area contributed by atoms with Gasteiger partial charge in [0.2, 0.25) is 0 Å². The number of halogens is 1. The van der Waals surface area contributed by atoms with E-state index in [1.54, 1.807) is 13.4 Å². The van der Waals surface area contributed by atoms with Crippen LogP contribution in [0.25, 0.3) is 0 Å². The third kappa shape index (κ3) is 7.34. The topological polar surface area (TPSA) is 50.0 Å². The van der Waals surface area contributed by atoms with E-state index in [1.807, 2.05) is 23.9 Å². The van der Waals surface area contributed by atoms with Gasteiger partial charge in [-0.1, -0.05) is 0 Å². The average molecular weight is 453 g/mol. The smallest absolute Gasteiger partial charge is 0.194 e. The van der Waals surface area contributed by atoms with Crippen LogP contribution in [0.3, 0.4) is 0 Å². The van der Waals surface area contributed by atoms with Crippen molar-refractivity contribution in [2.45, 2.75) is 25.0 Å². The number of furan rings is 1. The molecular weight excluding hydrogens is 425 g/mol. The Morgan fingerprint density at radius 1 is 1.52 bits per heavy atom. The summed E-state index contributed by atoms with van der Waals surface area (Å²) in [4.78, 5) is 7.04. The first kappa shape index (κ1) is 20.6. The zero-order chi connectivity index (χ0) is 15.8. The molecule has 0 spiro atoms. The molecule has 0 aromatic carbocycles. The molecule has 23 heavy (non-hydrogen) atoms. The zero-order valence-electron chi connectivity index (χ0n) is 14.2. The summed E-state index contributed by atoms with van der Waals surface area (Å²) in [6.07, 6.45) is 2.58. The van der Waals surface area contributed by atoms with Crippen LogP contribution in [0, 0.1) is 0 Å². The number of guanidine groups is 1. The van der Waals surface area contributed by atoms with Gasteiger partial charge in [0.15, 0.2) is 5.96 Å². The SMILES string of the molecule is COCCN=C(NCCc1ccco1)N1CCSC(C)(C)C1.I. The number of thioether (sulfide) groups is 1. The fourth-order valence-corrected chi connectivity index (χ4v) is 3.57. The third-order valence-electron chi connectivity index (χ3n) is 3.52. The molecule has 1 fully saturated rings. The van der Waals surface area contributed by atoms with Crippen molar-refractivity contribution in [1.82, 2.24) is 10.2 Å². The van der Waals surface area contributed by atoms with E-state index in [2.05, 4.69) is 29.1 Å². The van der Waals surface area contributed by atoms with E-state index >= 15 is 0 Å². The van der Waals surface area contributed by atoms with Gasteiger partial charge in [-0.05, 0) is 26.0 Å². The summed E-state index contributed by atoms with van der Waals surface area (Å²) in [6, 6.07) is 3.93. The molecule has 5 nitrogen and oxygen atoms in total. The maximum absolute atomic E-state index is 5.38. The van der Waals surface area contributed by atoms with Crippen molar-refractivity contribution in [3.05, 3.63) is 24.2 Å². The highest BCUT2D eigenvalue weighted by Crippen LogP contribution is 2.29. The number of methoxy groups -OCH3 is 1. The Labute approximate surface area is 160 Å². The second-order valence-corrected chi connectivity index (χ2v) is 7.79. The molecule has 1 aromatic rings. The first-order valence-electron chi connectivity index (χ1n) is 7.79. The van der Waals surface area contributed by atoms with E-state index in [9.17, 15) is 0 Å². The number of nitrogens with one attached hydrogen (secondary N) is 1. The summed E-state index contributed by atoms with van der Waals surface area (Å²) in [5.74, 6) is 3.12. The van der Waals surface area contributed by atoms with E-state index < -0.39 is 0 Å². The Hall–Kier alpha value is -0.410. The van der Waals surface area contributed by atoms with Crippen molar-refractivity contribution in [1.29, 1.82) is 0 Å². The zero-order valence-corrected chi connectivity index (χ0v) is 17.4. The molecule has 1 aliphatic rings. The van der Waals surface area contributed by atoms with E-state index in [4.69, 9.17) is 9.15 Å². The molecule has 0 aliphatic carbocycles. The lowest BCUT2D eigenvalue weighted by Gasteiger charge is -2.39. The molecule has 1 aromatic heterocycles. The van der Waals surface area contributed by atoms with E-state index in [1.165, 1.54) is 0 Å². The van der Waals surface area contributed by atoms with Crippen molar-refractivity contribution < 1.29 is 9.15 Å². The first-order valence-corrected chi connectivity index (χ1v) is 8.78. The van der Waals surface area contributed by atoms with Gasteiger partial charge in [-0.25, -0.2) is 0 Å². The molecule has 1 aliphatic heterocycles. The van der Waals surface area contributed by atoms with Crippen LogP contribution in [0.5, 0.6) is 0 Å². The third-order valence-corrected chi connectivity index (χ3v) is 4.81. The van der Waals surface area contributed by atoms with E-state index in [-0.39, 0.29) is 28.7 Å². The van der Waals surface area contributed by atoms with Gasteiger partial charge in [0.25, 0.3) is 0 Å². The summed E-state index contributed by atoms with van der Waals surface area (Å²) in [6.45, 7) is 8.78. The van der Waals surface area contributed by atoms with Gasteiger partial charge in [-0.2, -0.15) is 11.8 Å². The molecule has 1 saturated heterocycles. The Morgan fingerprint density at radius 3 is 3.00 bits per heavy atom. The molecule has 0 saturated carbocycles. The Kier molecular flexibility index (Phi) is 9.38. The highest BCUT2D eigenvalue weighted by Gasteiger charge is 2.28. The van der Waals surface area contributed by atoms with Crippen LogP contribution in [-0.2, 0) is 11.2 Å². The summed E-state index contributed by atoms with van der Waals surface area (Å²) in [5.41, 5.74) is 0. The van der Waals surface area contributed by atoms with Gasteiger partial charge in [-0.15, -0.1) is 24.0 Å². The Morgan fingerprint density at radius 2 is 2.35 bits per heavy atom. The second-order valence-electron chi connectivity index (χ2n) is 5.98. The van der Waals surface area contributed by atoms with Crippen LogP contribution in [0.15, 0.2) is 27.8 Å². The molecule has 7 heteroatoms. The molecule has 132 valence electrons. The average Bonchev–Trinajstić information content (AvgIpc) is 2.98. The van der Waals surface area contributed by atoms with Gasteiger partial charge in [0.1, 0.15) is 5.76 Å². The van der Waals surface area contributed by atoms with Crippen molar-refractivity contribution in [2.75, 3.05) is 45.6 Å². The van der Waals surface area contributed by atoms with Crippen molar-refractivity contribution in [3.63, 3.8) is 0 Å². The fraction of sp³-hybridized carbons (Fsp3) is 0.688. The number of nitrogens with zero attached hydrogens (tertiary/aromatic N) is 2. The van der Waals surface area contributed by atoms with Gasteiger partial charge < -0.3 is 19.4 Å².